The molecule has 1 aromatic carbocycles. The summed E-state index contributed by atoms with van der Waals surface area (Å²) < 4.78 is 1.94. The Morgan fingerprint density at radius 2 is 2.10 bits per heavy atom. The Balaban J connectivity index is 1.55. The molecule has 0 saturated carbocycles. The van der Waals surface area contributed by atoms with E-state index in [0.29, 0.717) is 13.0 Å². The smallest absolute Gasteiger partial charge is 0.225 e. The lowest BCUT2D eigenvalue weighted by atomic mass is 10.2. The van der Waals surface area contributed by atoms with Gasteiger partial charge in [-0.1, -0.05) is 18.2 Å². The van der Waals surface area contributed by atoms with Crippen LogP contribution in [0.1, 0.15) is 10.4 Å². The lowest BCUT2D eigenvalue weighted by Crippen LogP contribution is -2.24. The van der Waals surface area contributed by atoms with Gasteiger partial charge in [0.2, 0.25) is 5.91 Å². The SMILES string of the molecule is O=C(Cc1cccs1)NCc1ccc(-n2ccnc2)cc1. The number of rotatable bonds is 5. The molecule has 106 valence electrons. The number of imidazole rings is 1. The predicted molar refractivity (Wildman–Crippen MR) is 83.4 cm³/mol. The summed E-state index contributed by atoms with van der Waals surface area (Å²) in [5.41, 5.74) is 2.14. The van der Waals surface area contributed by atoms with Crippen molar-refractivity contribution in [2.45, 2.75) is 13.0 Å². The summed E-state index contributed by atoms with van der Waals surface area (Å²) in [5, 5.41) is 4.92. The standard InChI is InChI=1S/C16H15N3OS/c20-16(10-15-2-1-9-21-15)18-11-13-3-5-14(6-4-13)19-8-7-17-12-19/h1-9,12H,10-11H2,(H,18,20). The van der Waals surface area contributed by atoms with Crippen LogP contribution in [0.5, 0.6) is 0 Å². The topological polar surface area (TPSA) is 46.9 Å². The predicted octanol–water partition coefficient (Wildman–Crippen LogP) is 2.79. The van der Waals surface area contributed by atoms with Gasteiger partial charge in [-0.15, -0.1) is 11.3 Å². The normalized spacial score (nSPS) is 10.5. The second kappa shape index (κ2) is 6.37. The highest BCUT2D eigenvalue weighted by atomic mass is 32.1. The zero-order valence-corrected chi connectivity index (χ0v) is 12.2. The molecule has 0 spiro atoms. The van der Waals surface area contributed by atoms with E-state index in [2.05, 4.69) is 10.3 Å². The summed E-state index contributed by atoms with van der Waals surface area (Å²) >= 11 is 1.60. The molecule has 0 aliphatic rings. The van der Waals surface area contributed by atoms with E-state index in [1.807, 2.05) is 52.5 Å². The van der Waals surface area contributed by atoms with E-state index >= 15 is 0 Å². The van der Waals surface area contributed by atoms with Gasteiger partial charge in [-0.05, 0) is 29.1 Å². The van der Waals surface area contributed by atoms with Crippen molar-refractivity contribution in [1.82, 2.24) is 14.9 Å². The molecular formula is C16H15N3OS. The first-order chi connectivity index (χ1) is 10.3. The average molecular weight is 297 g/mol. The Morgan fingerprint density at radius 1 is 1.24 bits per heavy atom. The molecule has 0 aliphatic carbocycles. The van der Waals surface area contributed by atoms with Crippen molar-refractivity contribution in [3.63, 3.8) is 0 Å². The van der Waals surface area contributed by atoms with Crippen LogP contribution < -0.4 is 5.32 Å². The molecule has 0 radical (unpaired) electrons. The minimum absolute atomic E-state index is 0.0520. The molecule has 21 heavy (non-hydrogen) atoms. The zero-order chi connectivity index (χ0) is 14.5. The fourth-order valence-corrected chi connectivity index (χ4v) is 2.74. The first kappa shape index (κ1) is 13.6. The van der Waals surface area contributed by atoms with Gasteiger partial charge in [0.1, 0.15) is 0 Å². The fraction of sp³-hybridized carbons (Fsp3) is 0.125. The van der Waals surface area contributed by atoms with Crippen LogP contribution in [0.15, 0.2) is 60.5 Å². The highest BCUT2D eigenvalue weighted by Crippen LogP contribution is 2.10. The van der Waals surface area contributed by atoms with Crippen LogP contribution in [0.2, 0.25) is 0 Å². The summed E-state index contributed by atoms with van der Waals surface area (Å²) in [6, 6.07) is 12.0. The highest BCUT2D eigenvalue weighted by Gasteiger charge is 2.04. The van der Waals surface area contributed by atoms with E-state index in [-0.39, 0.29) is 5.91 Å². The van der Waals surface area contributed by atoms with Gasteiger partial charge in [0.15, 0.2) is 0 Å². The van der Waals surface area contributed by atoms with Crippen molar-refractivity contribution in [2.75, 3.05) is 0 Å². The number of hydrogen-bond acceptors (Lipinski definition) is 3. The second-order valence-corrected chi connectivity index (χ2v) is 5.70. The quantitative estimate of drug-likeness (QED) is 0.787. The third kappa shape index (κ3) is 3.58. The molecular weight excluding hydrogens is 282 g/mol. The van der Waals surface area contributed by atoms with E-state index in [4.69, 9.17) is 0 Å². The minimum Gasteiger partial charge on any atom is -0.352 e. The van der Waals surface area contributed by atoms with Gasteiger partial charge in [-0.2, -0.15) is 0 Å². The van der Waals surface area contributed by atoms with Crippen LogP contribution in [-0.2, 0) is 17.8 Å². The Labute approximate surface area is 127 Å². The maximum Gasteiger partial charge on any atom is 0.225 e. The Morgan fingerprint density at radius 3 is 2.76 bits per heavy atom. The molecule has 1 amide bonds. The maximum atomic E-state index is 11.8. The summed E-state index contributed by atoms with van der Waals surface area (Å²) in [4.78, 5) is 16.9. The van der Waals surface area contributed by atoms with Crippen LogP contribution >= 0.6 is 11.3 Å². The molecule has 0 atom stereocenters. The summed E-state index contributed by atoms with van der Waals surface area (Å²) in [6.07, 6.45) is 5.86. The first-order valence-electron chi connectivity index (χ1n) is 6.67. The molecule has 0 aliphatic heterocycles. The highest BCUT2D eigenvalue weighted by molar-refractivity contribution is 7.10. The number of aromatic nitrogens is 2. The Hall–Kier alpha value is -2.40. The number of carbonyl (C=O) groups excluding carboxylic acids is 1. The molecule has 2 heterocycles. The van der Waals surface area contributed by atoms with Crippen molar-refractivity contribution in [1.29, 1.82) is 0 Å². The number of nitrogens with one attached hydrogen (secondary N) is 1. The largest absolute Gasteiger partial charge is 0.352 e. The number of benzene rings is 1. The number of nitrogens with zero attached hydrogens (tertiary/aromatic N) is 2. The summed E-state index contributed by atoms with van der Waals surface area (Å²) in [5.74, 6) is 0.0520. The van der Waals surface area contributed by atoms with Gasteiger partial charge in [-0.3, -0.25) is 4.79 Å². The first-order valence-corrected chi connectivity index (χ1v) is 7.55. The van der Waals surface area contributed by atoms with Gasteiger partial charge in [0.25, 0.3) is 0 Å². The Bertz CT molecular complexity index is 688. The van der Waals surface area contributed by atoms with Gasteiger partial charge in [-0.25, -0.2) is 4.98 Å². The van der Waals surface area contributed by atoms with E-state index in [9.17, 15) is 4.79 Å². The third-order valence-corrected chi connectivity index (χ3v) is 4.02. The van der Waals surface area contributed by atoms with Crippen LogP contribution in [0.4, 0.5) is 0 Å². The molecule has 0 saturated heterocycles. The summed E-state index contributed by atoms with van der Waals surface area (Å²) in [6.45, 7) is 0.550. The second-order valence-electron chi connectivity index (χ2n) is 4.67. The van der Waals surface area contributed by atoms with Crippen LogP contribution in [0.3, 0.4) is 0 Å². The molecule has 2 aromatic heterocycles. The molecule has 0 unspecified atom stereocenters. The molecule has 0 bridgehead atoms. The number of hydrogen-bond donors (Lipinski definition) is 1. The lowest BCUT2D eigenvalue weighted by Gasteiger charge is -2.06. The summed E-state index contributed by atoms with van der Waals surface area (Å²) in [7, 11) is 0. The van der Waals surface area contributed by atoms with Gasteiger partial charge >= 0.3 is 0 Å². The van der Waals surface area contributed by atoms with Gasteiger partial charge in [0, 0.05) is 29.5 Å². The average Bonchev–Trinajstić information content (AvgIpc) is 3.19. The molecule has 3 rings (SSSR count). The lowest BCUT2D eigenvalue weighted by molar-refractivity contribution is -0.120. The number of carbonyl (C=O) groups is 1. The van der Waals surface area contributed by atoms with E-state index in [0.717, 1.165) is 16.1 Å². The van der Waals surface area contributed by atoms with Crippen molar-refractivity contribution >= 4 is 17.2 Å². The van der Waals surface area contributed by atoms with Crippen molar-refractivity contribution in [2.24, 2.45) is 0 Å². The molecule has 3 aromatic rings. The van der Waals surface area contributed by atoms with Gasteiger partial charge in [0.05, 0.1) is 12.7 Å². The van der Waals surface area contributed by atoms with Crippen LogP contribution in [0, 0.1) is 0 Å². The molecule has 5 heteroatoms. The maximum absolute atomic E-state index is 11.8. The number of thiophene rings is 1. The van der Waals surface area contributed by atoms with Crippen molar-refractivity contribution in [3.05, 3.63) is 70.9 Å². The minimum atomic E-state index is 0.0520. The van der Waals surface area contributed by atoms with E-state index < -0.39 is 0 Å². The van der Waals surface area contributed by atoms with Crippen LogP contribution in [0.25, 0.3) is 5.69 Å². The molecule has 4 nitrogen and oxygen atoms in total. The van der Waals surface area contributed by atoms with Crippen molar-refractivity contribution in [3.8, 4) is 5.69 Å². The molecule has 1 N–H and O–H groups in total. The molecule has 0 fully saturated rings. The van der Waals surface area contributed by atoms with Gasteiger partial charge < -0.3 is 9.88 Å². The third-order valence-electron chi connectivity index (χ3n) is 3.14. The van der Waals surface area contributed by atoms with E-state index in [1.54, 1.807) is 23.9 Å². The fourth-order valence-electron chi connectivity index (χ4n) is 2.03. The zero-order valence-electron chi connectivity index (χ0n) is 11.4. The number of amides is 1. The monoisotopic (exact) mass is 297 g/mol. The van der Waals surface area contributed by atoms with Crippen LogP contribution in [-0.4, -0.2) is 15.5 Å². The van der Waals surface area contributed by atoms with E-state index in [1.165, 1.54) is 0 Å². The van der Waals surface area contributed by atoms with Crippen molar-refractivity contribution < 1.29 is 4.79 Å². The Kier molecular flexibility index (Phi) is 4.12.